The van der Waals surface area contributed by atoms with Gasteiger partial charge in [-0.3, -0.25) is 9.52 Å². The predicted molar refractivity (Wildman–Crippen MR) is 115 cm³/mol. The smallest absolute Gasteiger partial charge is 0.263 e. The summed E-state index contributed by atoms with van der Waals surface area (Å²) in [5, 5.41) is 13.5. The summed E-state index contributed by atoms with van der Waals surface area (Å²) in [5.74, 6) is 0.291. The fraction of sp³-hybridized carbons (Fsp3) is 0.200. The molecule has 8 nitrogen and oxygen atoms in total. The van der Waals surface area contributed by atoms with Crippen molar-refractivity contribution in [3.05, 3.63) is 65.2 Å². The van der Waals surface area contributed by atoms with Gasteiger partial charge in [-0.1, -0.05) is 12.1 Å². The molecule has 30 heavy (non-hydrogen) atoms. The zero-order valence-corrected chi connectivity index (χ0v) is 17.8. The third kappa shape index (κ3) is 5.78. The van der Waals surface area contributed by atoms with Gasteiger partial charge in [-0.15, -0.1) is 11.3 Å². The van der Waals surface area contributed by atoms with Crippen molar-refractivity contribution in [2.75, 3.05) is 23.8 Å². The fourth-order valence-corrected chi connectivity index (χ4v) is 4.58. The number of aliphatic hydroxyl groups excluding tert-OH is 1. The monoisotopic (exact) mass is 447 g/mol. The predicted octanol–water partition coefficient (Wildman–Crippen LogP) is 2.67. The van der Waals surface area contributed by atoms with Gasteiger partial charge >= 0.3 is 0 Å². The van der Waals surface area contributed by atoms with E-state index < -0.39 is 10.0 Å². The quantitative estimate of drug-likeness (QED) is 0.464. The number of ether oxygens (including phenoxy) is 1. The van der Waals surface area contributed by atoms with Crippen LogP contribution in [0.3, 0.4) is 0 Å². The number of amides is 1. The normalized spacial score (nSPS) is 11.1. The highest BCUT2D eigenvalue weighted by Gasteiger charge is 2.17. The summed E-state index contributed by atoms with van der Waals surface area (Å²) in [6.07, 6.45) is 0.571. The molecule has 0 saturated carbocycles. The number of benzene rings is 2. The van der Waals surface area contributed by atoms with Gasteiger partial charge in [0.2, 0.25) is 5.91 Å². The first-order valence-corrected chi connectivity index (χ1v) is 11.4. The molecule has 3 N–H and O–H groups in total. The number of methoxy groups -OCH3 is 1. The molecule has 0 bridgehead atoms. The Bertz CT molecular complexity index is 1090. The van der Waals surface area contributed by atoms with E-state index in [-0.39, 0.29) is 29.0 Å². The Morgan fingerprint density at radius 2 is 1.83 bits per heavy atom. The van der Waals surface area contributed by atoms with Gasteiger partial charge in [0, 0.05) is 17.7 Å². The van der Waals surface area contributed by atoms with E-state index in [0.717, 1.165) is 16.9 Å². The number of aliphatic hydroxyl groups is 1. The number of thiazole rings is 1. The van der Waals surface area contributed by atoms with Gasteiger partial charge in [0.25, 0.3) is 10.0 Å². The van der Waals surface area contributed by atoms with Crippen LogP contribution in [0.15, 0.2) is 58.8 Å². The molecule has 1 aromatic heterocycles. The van der Waals surface area contributed by atoms with Crippen molar-refractivity contribution < 1.29 is 23.1 Å². The van der Waals surface area contributed by atoms with E-state index in [1.165, 1.54) is 19.2 Å². The third-order valence-electron chi connectivity index (χ3n) is 4.12. The van der Waals surface area contributed by atoms with Crippen LogP contribution < -0.4 is 14.8 Å². The average molecular weight is 448 g/mol. The summed E-state index contributed by atoms with van der Waals surface area (Å²) in [7, 11) is -2.29. The molecule has 0 radical (unpaired) electrons. The molecule has 0 unspecified atom stereocenters. The summed E-state index contributed by atoms with van der Waals surface area (Å²) in [6.45, 7) is 0.0695. The Morgan fingerprint density at radius 3 is 2.47 bits per heavy atom. The van der Waals surface area contributed by atoms with Crippen LogP contribution in [0, 0.1) is 0 Å². The molecule has 10 heteroatoms. The molecule has 0 atom stereocenters. The Labute approximate surface area is 178 Å². The second kappa shape index (κ2) is 9.70. The highest BCUT2D eigenvalue weighted by atomic mass is 32.2. The SMILES string of the molecule is COc1ccc(S(=O)(=O)Nc2nc(CC(=O)Nc3ccc(CCO)cc3)cs2)cc1. The minimum absolute atomic E-state index is 0.0131. The van der Waals surface area contributed by atoms with Crippen LogP contribution in [0.1, 0.15) is 11.3 Å². The molecule has 0 aliphatic rings. The Hall–Kier alpha value is -2.95. The molecule has 0 fully saturated rings. The van der Waals surface area contributed by atoms with E-state index in [1.807, 2.05) is 12.1 Å². The summed E-state index contributed by atoms with van der Waals surface area (Å²) >= 11 is 1.10. The minimum atomic E-state index is -3.79. The van der Waals surface area contributed by atoms with Crippen molar-refractivity contribution in [1.82, 2.24) is 4.98 Å². The molecule has 3 aromatic rings. The topological polar surface area (TPSA) is 118 Å². The summed E-state index contributed by atoms with van der Waals surface area (Å²) in [4.78, 5) is 16.5. The minimum Gasteiger partial charge on any atom is -0.497 e. The van der Waals surface area contributed by atoms with Crippen LogP contribution in [0.2, 0.25) is 0 Å². The van der Waals surface area contributed by atoms with E-state index in [1.54, 1.807) is 29.6 Å². The van der Waals surface area contributed by atoms with E-state index in [9.17, 15) is 13.2 Å². The lowest BCUT2D eigenvalue weighted by Gasteiger charge is -2.06. The van der Waals surface area contributed by atoms with Crippen molar-refractivity contribution in [3.63, 3.8) is 0 Å². The Kier molecular flexibility index (Phi) is 7.03. The van der Waals surface area contributed by atoms with E-state index >= 15 is 0 Å². The summed E-state index contributed by atoms with van der Waals surface area (Å²) < 4.78 is 32.4. The number of hydrogen-bond donors (Lipinski definition) is 3. The van der Waals surface area contributed by atoms with Gasteiger partial charge in [0.15, 0.2) is 5.13 Å². The molecule has 0 aliphatic heterocycles. The molecule has 3 rings (SSSR count). The van der Waals surface area contributed by atoms with Crippen LogP contribution in [0.25, 0.3) is 0 Å². The second-order valence-electron chi connectivity index (χ2n) is 6.32. The summed E-state index contributed by atoms with van der Waals surface area (Å²) in [5.41, 5.74) is 2.07. The molecule has 0 aliphatic carbocycles. The average Bonchev–Trinajstić information content (AvgIpc) is 3.15. The third-order valence-corrected chi connectivity index (χ3v) is 6.41. The highest BCUT2D eigenvalue weighted by Crippen LogP contribution is 2.22. The highest BCUT2D eigenvalue weighted by molar-refractivity contribution is 7.93. The van der Waals surface area contributed by atoms with Crippen molar-refractivity contribution in [2.24, 2.45) is 0 Å². The number of anilines is 2. The lowest BCUT2D eigenvalue weighted by atomic mass is 10.1. The van der Waals surface area contributed by atoms with E-state index in [0.29, 0.717) is 23.6 Å². The zero-order chi connectivity index (χ0) is 21.6. The van der Waals surface area contributed by atoms with Gasteiger partial charge < -0.3 is 15.2 Å². The van der Waals surface area contributed by atoms with Crippen LogP contribution in [0.4, 0.5) is 10.8 Å². The number of carbonyl (C=O) groups excluding carboxylic acids is 1. The first-order chi connectivity index (χ1) is 14.4. The van der Waals surface area contributed by atoms with Crippen LogP contribution in [-0.2, 0) is 27.7 Å². The van der Waals surface area contributed by atoms with Crippen LogP contribution in [0.5, 0.6) is 5.75 Å². The van der Waals surface area contributed by atoms with E-state index in [4.69, 9.17) is 9.84 Å². The number of rotatable bonds is 9. The standard InChI is InChI=1S/C20H21N3O5S2/c1-28-17-6-8-18(9-7-17)30(26,27)23-20-22-16(13-29-20)12-19(25)21-15-4-2-14(3-5-15)10-11-24/h2-9,13,24H,10-12H2,1H3,(H,21,25)(H,22,23). The second-order valence-corrected chi connectivity index (χ2v) is 8.86. The van der Waals surface area contributed by atoms with Gasteiger partial charge in [0.05, 0.1) is 24.1 Å². The number of carbonyl (C=O) groups is 1. The molecule has 2 aromatic carbocycles. The number of aromatic nitrogens is 1. The van der Waals surface area contributed by atoms with Crippen LogP contribution >= 0.6 is 11.3 Å². The molecule has 158 valence electrons. The van der Waals surface area contributed by atoms with Crippen molar-refractivity contribution in [2.45, 2.75) is 17.7 Å². The first-order valence-electron chi connectivity index (χ1n) is 9.00. The molecule has 0 saturated heterocycles. The molecular formula is C20H21N3O5S2. The molecule has 1 amide bonds. The molecule has 1 heterocycles. The Morgan fingerprint density at radius 1 is 1.13 bits per heavy atom. The molecular weight excluding hydrogens is 426 g/mol. The maximum atomic E-state index is 12.5. The van der Waals surface area contributed by atoms with Crippen LogP contribution in [-0.4, -0.2) is 38.1 Å². The van der Waals surface area contributed by atoms with Crippen molar-refractivity contribution >= 4 is 38.1 Å². The largest absolute Gasteiger partial charge is 0.497 e. The van der Waals surface area contributed by atoms with Gasteiger partial charge in [0.1, 0.15) is 5.75 Å². The number of nitrogens with zero attached hydrogens (tertiary/aromatic N) is 1. The zero-order valence-electron chi connectivity index (χ0n) is 16.2. The summed E-state index contributed by atoms with van der Waals surface area (Å²) in [6, 6.07) is 13.2. The maximum Gasteiger partial charge on any atom is 0.263 e. The number of hydrogen-bond acceptors (Lipinski definition) is 7. The first kappa shape index (κ1) is 21.8. The number of sulfonamides is 1. The fourth-order valence-electron chi connectivity index (χ4n) is 2.62. The number of nitrogens with one attached hydrogen (secondary N) is 2. The van der Waals surface area contributed by atoms with Gasteiger partial charge in [-0.2, -0.15) is 0 Å². The van der Waals surface area contributed by atoms with Crippen molar-refractivity contribution in [1.29, 1.82) is 0 Å². The molecule has 0 spiro atoms. The van der Waals surface area contributed by atoms with Gasteiger partial charge in [-0.05, 0) is 48.4 Å². The van der Waals surface area contributed by atoms with Gasteiger partial charge in [-0.25, -0.2) is 13.4 Å². The lowest BCUT2D eigenvalue weighted by Crippen LogP contribution is -2.15. The van der Waals surface area contributed by atoms with Crippen molar-refractivity contribution in [3.8, 4) is 5.75 Å². The van der Waals surface area contributed by atoms with E-state index in [2.05, 4.69) is 15.0 Å². The lowest BCUT2D eigenvalue weighted by molar-refractivity contribution is -0.115. The Balaban J connectivity index is 1.59. The maximum absolute atomic E-state index is 12.5.